The molecule has 2 heterocycles. The lowest BCUT2D eigenvalue weighted by Crippen LogP contribution is -2.04. The van der Waals surface area contributed by atoms with Gasteiger partial charge in [-0.2, -0.15) is 0 Å². The predicted octanol–water partition coefficient (Wildman–Crippen LogP) is 5.21. The van der Waals surface area contributed by atoms with E-state index in [9.17, 15) is 4.79 Å². The lowest BCUT2D eigenvalue weighted by Gasteiger charge is -2.11. The number of nitrogens with zero attached hydrogens (tertiary/aromatic N) is 2. The van der Waals surface area contributed by atoms with Crippen LogP contribution in [0.4, 0.5) is 0 Å². The number of rotatable bonds is 10. The molecule has 0 saturated carbocycles. The van der Waals surface area contributed by atoms with E-state index in [1.54, 1.807) is 38.7 Å². The molecule has 2 aromatic heterocycles. The number of benzene rings is 2. The maximum Gasteiger partial charge on any atom is 0.213 e. The Bertz CT molecular complexity index is 1260. The first-order valence-electron chi connectivity index (χ1n) is 11.0. The van der Waals surface area contributed by atoms with Crippen molar-refractivity contribution in [1.82, 2.24) is 9.97 Å². The third-order valence-electron chi connectivity index (χ3n) is 5.40. The van der Waals surface area contributed by atoms with Crippen LogP contribution in [0, 0.1) is 0 Å². The Labute approximate surface area is 199 Å². The fraction of sp³-hybridized carbons (Fsp3) is 0.179. The van der Waals surface area contributed by atoms with Gasteiger partial charge in [0, 0.05) is 42.4 Å². The van der Waals surface area contributed by atoms with Gasteiger partial charge in [-0.05, 0) is 47.5 Å². The maximum atomic E-state index is 12.5. The molecule has 0 spiro atoms. The Hall–Kier alpha value is -4.19. The van der Waals surface area contributed by atoms with Gasteiger partial charge in [0.1, 0.15) is 0 Å². The molecule has 0 fully saturated rings. The Morgan fingerprint density at radius 3 is 2.41 bits per heavy atom. The molecule has 4 aromatic rings. The lowest BCUT2D eigenvalue weighted by molar-refractivity contribution is 0.0993. The minimum Gasteiger partial charge on any atom is -0.493 e. The molecule has 172 valence electrons. The molecule has 0 aliphatic heterocycles. The standard InChI is InChI=1S/C28H26N2O4/c1-32-26-10-9-20(19-27(26)33-2)13-16-34-28-8-4-7-24(30-28)23-6-3-5-21(17-23)18-25(31)22-11-14-29-15-12-22/h3-12,14-15,17,19H,13,16,18H2,1-2H3. The number of hydrogen-bond donors (Lipinski definition) is 0. The zero-order valence-electron chi connectivity index (χ0n) is 19.2. The summed E-state index contributed by atoms with van der Waals surface area (Å²) in [6.07, 6.45) is 4.28. The van der Waals surface area contributed by atoms with Gasteiger partial charge in [-0.1, -0.05) is 30.3 Å². The van der Waals surface area contributed by atoms with Crippen LogP contribution < -0.4 is 14.2 Å². The van der Waals surface area contributed by atoms with E-state index in [-0.39, 0.29) is 5.78 Å². The first kappa shape index (κ1) is 23.0. The highest BCUT2D eigenvalue weighted by Gasteiger charge is 2.09. The van der Waals surface area contributed by atoms with E-state index in [2.05, 4.69) is 9.97 Å². The Kier molecular flexibility index (Phi) is 7.50. The summed E-state index contributed by atoms with van der Waals surface area (Å²) in [5.41, 5.74) is 4.40. The number of carbonyl (C=O) groups excluding carboxylic acids is 1. The molecule has 0 radical (unpaired) electrons. The Balaban J connectivity index is 1.40. The summed E-state index contributed by atoms with van der Waals surface area (Å²) < 4.78 is 16.6. The molecule has 0 atom stereocenters. The summed E-state index contributed by atoms with van der Waals surface area (Å²) in [7, 11) is 3.24. The van der Waals surface area contributed by atoms with Crippen molar-refractivity contribution in [3.63, 3.8) is 0 Å². The van der Waals surface area contributed by atoms with Crippen LogP contribution in [0.5, 0.6) is 17.4 Å². The Morgan fingerprint density at radius 2 is 1.62 bits per heavy atom. The van der Waals surface area contributed by atoms with Crippen molar-refractivity contribution in [3.05, 3.63) is 102 Å². The van der Waals surface area contributed by atoms with Gasteiger partial charge in [-0.15, -0.1) is 0 Å². The first-order valence-corrected chi connectivity index (χ1v) is 11.0. The molecular weight excluding hydrogens is 428 g/mol. The number of hydrogen-bond acceptors (Lipinski definition) is 6. The number of Topliss-reactive ketones (excluding diaryl/α,β-unsaturated/α-hetero) is 1. The first-order chi connectivity index (χ1) is 16.7. The van der Waals surface area contributed by atoms with E-state index in [1.807, 2.05) is 60.7 Å². The van der Waals surface area contributed by atoms with Crippen LogP contribution in [0.1, 0.15) is 21.5 Å². The topological polar surface area (TPSA) is 70.5 Å². The molecular formula is C28H26N2O4. The lowest BCUT2D eigenvalue weighted by atomic mass is 10.0. The smallest absolute Gasteiger partial charge is 0.213 e. The summed E-state index contributed by atoms with van der Waals surface area (Å²) in [4.78, 5) is 21.2. The summed E-state index contributed by atoms with van der Waals surface area (Å²) in [5.74, 6) is 2.00. The molecule has 0 aliphatic rings. The molecule has 34 heavy (non-hydrogen) atoms. The van der Waals surface area contributed by atoms with Crippen molar-refractivity contribution in [1.29, 1.82) is 0 Å². The third kappa shape index (κ3) is 5.78. The van der Waals surface area contributed by atoms with Gasteiger partial charge in [0.05, 0.1) is 26.5 Å². The van der Waals surface area contributed by atoms with Crippen molar-refractivity contribution in [2.75, 3.05) is 20.8 Å². The maximum absolute atomic E-state index is 12.5. The minimum absolute atomic E-state index is 0.0553. The van der Waals surface area contributed by atoms with Gasteiger partial charge in [-0.3, -0.25) is 9.78 Å². The van der Waals surface area contributed by atoms with Crippen LogP contribution in [0.2, 0.25) is 0 Å². The second-order valence-electron chi connectivity index (χ2n) is 7.69. The molecule has 6 heteroatoms. The van der Waals surface area contributed by atoms with Gasteiger partial charge in [0.2, 0.25) is 5.88 Å². The average Bonchev–Trinajstić information content (AvgIpc) is 2.89. The number of ketones is 1. The number of aromatic nitrogens is 2. The van der Waals surface area contributed by atoms with E-state index >= 15 is 0 Å². The molecule has 0 unspecified atom stereocenters. The van der Waals surface area contributed by atoms with Gasteiger partial charge >= 0.3 is 0 Å². The van der Waals surface area contributed by atoms with Crippen molar-refractivity contribution in [2.45, 2.75) is 12.8 Å². The quantitative estimate of drug-likeness (QED) is 0.307. The molecule has 0 bridgehead atoms. The number of methoxy groups -OCH3 is 2. The van der Waals surface area contributed by atoms with E-state index in [1.165, 1.54) is 0 Å². The summed E-state index contributed by atoms with van der Waals surface area (Å²) in [5, 5.41) is 0. The predicted molar refractivity (Wildman–Crippen MR) is 131 cm³/mol. The summed E-state index contributed by atoms with van der Waals surface area (Å²) >= 11 is 0. The zero-order valence-corrected chi connectivity index (χ0v) is 19.2. The van der Waals surface area contributed by atoms with Gasteiger partial charge in [0.15, 0.2) is 17.3 Å². The van der Waals surface area contributed by atoms with Crippen molar-refractivity contribution >= 4 is 5.78 Å². The highest BCUT2D eigenvalue weighted by Crippen LogP contribution is 2.28. The van der Waals surface area contributed by atoms with Crippen molar-refractivity contribution < 1.29 is 19.0 Å². The average molecular weight is 455 g/mol. The van der Waals surface area contributed by atoms with Crippen LogP contribution >= 0.6 is 0 Å². The minimum atomic E-state index is 0.0553. The fourth-order valence-electron chi connectivity index (χ4n) is 3.63. The Morgan fingerprint density at radius 1 is 0.824 bits per heavy atom. The third-order valence-corrected chi connectivity index (χ3v) is 5.40. The number of carbonyl (C=O) groups is 1. The number of pyridine rings is 2. The molecule has 0 saturated heterocycles. The molecule has 0 N–H and O–H groups in total. The molecule has 2 aromatic carbocycles. The molecule has 4 rings (SSSR count). The summed E-state index contributed by atoms with van der Waals surface area (Å²) in [6, 6.07) is 22.9. The van der Waals surface area contributed by atoms with Crippen LogP contribution in [-0.2, 0) is 12.8 Å². The molecule has 0 amide bonds. The fourth-order valence-corrected chi connectivity index (χ4v) is 3.63. The number of ether oxygens (including phenoxy) is 3. The van der Waals surface area contributed by atoms with Crippen molar-refractivity contribution in [2.24, 2.45) is 0 Å². The van der Waals surface area contributed by atoms with Crippen LogP contribution in [-0.4, -0.2) is 36.6 Å². The largest absolute Gasteiger partial charge is 0.493 e. The normalized spacial score (nSPS) is 10.5. The van der Waals surface area contributed by atoms with Crippen LogP contribution in [0.25, 0.3) is 11.3 Å². The second-order valence-corrected chi connectivity index (χ2v) is 7.69. The van der Waals surface area contributed by atoms with Crippen LogP contribution in [0.3, 0.4) is 0 Å². The van der Waals surface area contributed by atoms with E-state index < -0.39 is 0 Å². The van der Waals surface area contributed by atoms with E-state index in [0.29, 0.717) is 42.4 Å². The molecule has 0 aliphatic carbocycles. The van der Waals surface area contributed by atoms with E-state index in [4.69, 9.17) is 14.2 Å². The van der Waals surface area contributed by atoms with E-state index in [0.717, 1.165) is 22.4 Å². The SMILES string of the molecule is COc1ccc(CCOc2cccc(-c3cccc(CC(=O)c4ccncc4)c3)n2)cc1OC. The molecule has 6 nitrogen and oxygen atoms in total. The highest BCUT2D eigenvalue weighted by atomic mass is 16.5. The van der Waals surface area contributed by atoms with Crippen LogP contribution in [0.15, 0.2) is 85.2 Å². The highest BCUT2D eigenvalue weighted by molar-refractivity contribution is 5.97. The monoisotopic (exact) mass is 454 g/mol. The van der Waals surface area contributed by atoms with Gasteiger partial charge in [0.25, 0.3) is 0 Å². The summed E-state index contributed by atoms with van der Waals surface area (Å²) in [6.45, 7) is 0.479. The second kappa shape index (κ2) is 11.1. The van der Waals surface area contributed by atoms with Crippen molar-refractivity contribution in [3.8, 4) is 28.6 Å². The van der Waals surface area contributed by atoms with Gasteiger partial charge in [-0.25, -0.2) is 4.98 Å². The van der Waals surface area contributed by atoms with Gasteiger partial charge < -0.3 is 14.2 Å². The zero-order chi connectivity index (χ0) is 23.8.